The molecule has 4 rings (SSSR count). The van der Waals surface area contributed by atoms with Gasteiger partial charge < -0.3 is 10.1 Å². The summed E-state index contributed by atoms with van der Waals surface area (Å²) in [4.78, 5) is 13.2. The predicted octanol–water partition coefficient (Wildman–Crippen LogP) is 3.87. The lowest BCUT2D eigenvalue weighted by molar-refractivity contribution is -0.119. The summed E-state index contributed by atoms with van der Waals surface area (Å²) in [5.74, 6) is -0.0116. The van der Waals surface area contributed by atoms with Crippen molar-refractivity contribution in [2.24, 2.45) is 0 Å². The molecule has 1 N–H and O–H groups in total. The monoisotopic (exact) mass is 585 g/mol. The molecule has 0 unspecified atom stereocenters. The smallest absolute Gasteiger partial charge is 0.264 e. The molecule has 1 fully saturated rings. The SMILES string of the molecule is Cc1cccc(N(CC(=O)NCCOc2ccc(S(=O)(=O)N3CCCCC3)cc2)S(=O)(=O)c2ccccc2)c1C. The van der Waals surface area contributed by atoms with Gasteiger partial charge in [-0.25, -0.2) is 16.8 Å². The van der Waals surface area contributed by atoms with E-state index in [9.17, 15) is 21.6 Å². The molecule has 3 aromatic rings. The average molecular weight is 586 g/mol. The van der Waals surface area contributed by atoms with Gasteiger partial charge in [0, 0.05) is 13.1 Å². The number of aryl methyl sites for hydroxylation is 1. The molecular formula is C29H35N3O6S2. The van der Waals surface area contributed by atoms with E-state index in [1.165, 1.54) is 28.6 Å². The number of carbonyl (C=O) groups is 1. The number of hydrogen-bond acceptors (Lipinski definition) is 6. The van der Waals surface area contributed by atoms with E-state index in [0.717, 1.165) is 34.7 Å². The fraction of sp³-hybridized carbons (Fsp3) is 0.345. The van der Waals surface area contributed by atoms with Gasteiger partial charge in [-0.2, -0.15) is 4.31 Å². The molecule has 1 amide bonds. The zero-order chi connectivity index (χ0) is 28.8. The van der Waals surface area contributed by atoms with Gasteiger partial charge in [-0.15, -0.1) is 0 Å². The van der Waals surface area contributed by atoms with Gasteiger partial charge in [0.2, 0.25) is 15.9 Å². The maximum atomic E-state index is 13.5. The second-order valence-corrected chi connectivity index (χ2v) is 13.5. The van der Waals surface area contributed by atoms with Crippen LogP contribution in [0.4, 0.5) is 5.69 Å². The van der Waals surface area contributed by atoms with Gasteiger partial charge in [-0.1, -0.05) is 36.8 Å². The molecule has 214 valence electrons. The first-order valence-electron chi connectivity index (χ1n) is 13.2. The van der Waals surface area contributed by atoms with Gasteiger partial charge >= 0.3 is 0 Å². The Labute approximate surface area is 236 Å². The third-order valence-electron chi connectivity index (χ3n) is 6.93. The molecule has 0 aliphatic carbocycles. The number of sulfonamides is 2. The first kappa shape index (κ1) is 29.6. The Morgan fingerprint density at radius 3 is 2.20 bits per heavy atom. The first-order valence-corrected chi connectivity index (χ1v) is 16.1. The van der Waals surface area contributed by atoms with E-state index >= 15 is 0 Å². The molecule has 0 atom stereocenters. The van der Waals surface area contributed by atoms with Crippen LogP contribution in [-0.4, -0.2) is 59.8 Å². The summed E-state index contributed by atoms with van der Waals surface area (Å²) < 4.78 is 61.0. The van der Waals surface area contributed by atoms with Crippen molar-refractivity contribution in [1.82, 2.24) is 9.62 Å². The number of amides is 1. The number of ether oxygens (including phenoxy) is 1. The van der Waals surface area contributed by atoms with Crippen molar-refractivity contribution in [2.45, 2.75) is 42.9 Å². The number of nitrogens with one attached hydrogen (secondary N) is 1. The minimum atomic E-state index is -4.00. The third-order valence-corrected chi connectivity index (χ3v) is 10.6. The van der Waals surface area contributed by atoms with Crippen LogP contribution < -0.4 is 14.4 Å². The van der Waals surface area contributed by atoms with Crippen LogP contribution in [0.1, 0.15) is 30.4 Å². The molecule has 1 saturated heterocycles. The van der Waals surface area contributed by atoms with Gasteiger partial charge in [-0.05, 0) is 80.3 Å². The quantitative estimate of drug-likeness (QED) is 0.342. The van der Waals surface area contributed by atoms with E-state index in [1.54, 1.807) is 42.5 Å². The Morgan fingerprint density at radius 1 is 0.850 bits per heavy atom. The topological polar surface area (TPSA) is 113 Å². The lowest BCUT2D eigenvalue weighted by Crippen LogP contribution is -2.42. The number of piperidine rings is 1. The zero-order valence-electron chi connectivity index (χ0n) is 22.7. The number of nitrogens with zero attached hydrogens (tertiary/aromatic N) is 2. The van der Waals surface area contributed by atoms with Crippen molar-refractivity contribution in [1.29, 1.82) is 0 Å². The Bertz CT molecular complexity index is 1520. The van der Waals surface area contributed by atoms with Crippen molar-refractivity contribution in [3.63, 3.8) is 0 Å². The fourth-order valence-corrected chi connectivity index (χ4v) is 7.55. The van der Waals surface area contributed by atoms with Gasteiger partial charge in [-0.3, -0.25) is 9.10 Å². The Hall–Kier alpha value is -3.41. The molecule has 0 radical (unpaired) electrons. The maximum Gasteiger partial charge on any atom is 0.264 e. The second kappa shape index (κ2) is 12.8. The molecule has 11 heteroatoms. The Kier molecular flexibility index (Phi) is 9.49. The third kappa shape index (κ3) is 6.83. The molecule has 9 nitrogen and oxygen atoms in total. The summed E-state index contributed by atoms with van der Waals surface area (Å²) in [5.41, 5.74) is 2.12. The summed E-state index contributed by atoms with van der Waals surface area (Å²) in [5, 5.41) is 2.72. The highest BCUT2D eigenvalue weighted by Crippen LogP contribution is 2.28. The number of anilines is 1. The van der Waals surface area contributed by atoms with E-state index < -0.39 is 32.5 Å². The first-order chi connectivity index (χ1) is 19.1. The molecule has 40 heavy (non-hydrogen) atoms. The summed E-state index contributed by atoms with van der Waals surface area (Å²) in [7, 11) is -7.52. The minimum Gasteiger partial charge on any atom is -0.492 e. The fourth-order valence-electron chi connectivity index (χ4n) is 4.53. The highest BCUT2D eigenvalue weighted by molar-refractivity contribution is 7.92. The van der Waals surface area contributed by atoms with Gasteiger partial charge in [0.05, 0.1) is 22.0 Å². The van der Waals surface area contributed by atoms with Crippen LogP contribution in [0.15, 0.2) is 82.6 Å². The predicted molar refractivity (Wildman–Crippen MR) is 154 cm³/mol. The summed E-state index contributed by atoms with van der Waals surface area (Å²) in [6, 6.07) is 19.6. The second-order valence-electron chi connectivity index (χ2n) is 9.68. The van der Waals surface area contributed by atoms with Crippen LogP contribution >= 0.6 is 0 Å². The van der Waals surface area contributed by atoms with Crippen LogP contribution in [0, 0.1) is 13.8 Å². The van der Waals surface area contributed by atoms with Gasteiger partial charge in [0.1, 0.15) is 18.9 Å². The lowest BCUT2D eigenvalue weighted by Gasteiger charge is -2.26. The molecule has 0 aromatic heterocycles. The number of carbonyl (C=O) groups excluding carboxylic acids is 1. The maximum absolute atomic E-state index is 13.5. The minimum absolute atomic E-state index is 0.0952. The van der Waals surface area contributed by atoms with Crippen molar-refractivity contribution < 1.29 is 26.4 Å². The molecule has 1 heterocycles. The van der Waals surface area contributed by atoms with Crippen molar-refractivity contribution in [2.75, 3.05) is 37.1 Å². The molecule has 3 aromatic carbocycles. The highest BCUT2D eigenvalue weighted by atomic mass is 32.2. The normalized spacial score (nSPS) is 14.4. The number of rotatable bonds is 11. The molecule has 0 saturated carbocycles. The highest BCUT2D eigenvalue weighted by Gasteiger charge is 2.29. The molecular weight excluding hydrogens is 550 g/mol. The summed E-state index contributed by atoms with van der Waals surface area (Å²) in [6.07, 6.45) is 2.78. The Morgan fingerprint density at radius 2 is 1.52 bits per heavy atom. The number of benzene rings is 3. The lowest BCUT2D eigenvalue weighted by atomic mass is 10.1. The van der Waals surface area contributed by atoms with Crippen LogP contribution in [0.25, 0.3) is 0 Å². The van der Waals surface area contributed by atoms with Crippen LogP contribution in [0.2, 0.25) is 0 Å². The number of hydrogen-bond donors (Lipinski definition) is 1. The van der Waals surface area contributed by atoms with Crippen LogP contribution in [0.3, 0.4) is 0 Å². The molecule has 0 spiro atoms. The van der Waals surface area contributed by atoms with E-state index in [4.69, 9.17) is 4.74 Å². The van der Waals surface area contributed by atoms with Gasteiger partial charge in [0.15, 0.2) is 0 Å². The van der Waals surface area contributed by atoms with Gasteiger partial charge in [0.25, 0.3) is 10.0 Å². The van der Waals surface area contributed by atoms with E-state index in [1.807, 2.05) is 19.9 Å². The largest absolute Gasteiger partial charge is 0.492 e. The van der Waals surface area contributed by atoms with Crippen molar-refractivity contribution in [3.05, 3.63) is 83.9 Å². The Balaban J connectivity index is 1.37. The summed E-state index contributed by atoms with van der Waals surface area (Å²) in [6.45, 7) is 4.65. The van der Waals surface area contributed by atoms with Crippen molar-refractivity contribution in [3.8, 4) is 5.75 Å². The summed E-state index contributed by atoms with van der Waals surface area (Å²) >= 11 is 0. The average Bonchev–Trinajstić information content (AvgIpc) is 2.97. The van der Waals surface area contributed by atoms with E-state index in [0.29, 0.717) is 24.5 Å². The molecule has 0 bridgehead atoms. The van der Waals surface area contributed by atoms with Crippen LogP contribution in [0.5, 0.6) is 5.75 Å². The van der Waals surface area contributed by atoms with E-state index in [2.05, 4.69) is 5.32 Å². The zero-order valence-corrected chi connectivity index (χ0v) is 24.4. The molecule has 1 aliphatic rings. The van der Waals surface area contributed by atoms with E-state index in [-0.39, 0.29) is 22.9 Å². The van der Waals surface area contributed by atoms with Crippen LogP contribution in [-0.2, 0) is 24.8 Å². The molecule has 1 aliphatic heterocycles. The standard InChI is InChI=1S/C29H35N3O6S2/c1-23-10-9-13-28(24(23)2)32(40(36,37)26-11-5-3-6-12-26)22-29(33)30-18-21-38-25-14-16-27(17-15-25)39(34,35)31-19-7-4-8-20-31/h3,5-6,9-17H,4,7-8,18-22H2,1-2H3,(H,30,33). The van der Waals surface area contributed by atoms with Crippen molar-refractivity contribution >= 4 is 31.6 Å².